The van der Waals surface area contributed by atoms with Crippen LogP contribution in [0.3, 0.4) is 0 Å². The molecule has 0 atom stereocenters. The zero-order chi connectivity index (χ0) is 16.4. The Labute approximate surface area is 134 Å². The molecule has 0 unspecified atom stereocenters. The van der Waals surface area contributed by atoms with E-state index in [0.29, 0.717) is 40.1 Å². The highest BCUT2D eigenvalue weighted by atomic mass is 19.1. The van der Waals surface area contributed by atoms with E-state index in [-0.39, 0.29) is 11.6 Å². The summed E-state index contributed by atoms with van der Waals surface area (Å²) >= 11 is 0. The molecule has 0 aliphatic rings. The molecule has 3 rings (SSSR count). The van der Waals surface area contributed by atoms with Gasteiger partial charge in [-0.25, -0.2) is 8.78 Å². The van der Waals surface area contributed by atoms with Gasteiger partial charge in [-0.2, -0.15) is 0 Å². The third-order valence-electron chi connectivity index (χ3n) is 3.93. The van der Waals surface area contributed by atoms with E-state index in [1.54, 1.807) is 19.1 Å². The van der Waals surface area contributed by atoms with Crippen molar-refractivity contribution in [3.63, 3.8) is 0 Å². The fourth-order valence-electron chi connectivity index (χ4n) is 2.66. The van der Waals surface area contributed by atoms with E-state index in [1.807, 2.05) is 12.1 Å². The Bertz CT molecular complexity index is 839. The van der Waals surface area contributed by atoms with Crippen molar-refractivity contribution in [2.75, 3.05) is 6.61 Å². The van der Waals surface area contributed by atoms with Gasteiger partial charge >= 0.3 is 0 Å². The average Bonchev–Trinajstić information content (AvgIpc) is 2.84. The minimum atomic E-state index is -0.337. The zero-order valence-electron chi connectivity index (χ0n) is 13.2. The molecule has 2 aromatic carbocycles. The van der Waals surface area contributed by atoms with Crippen LogP contribution in [0.2, 0.25) is 0 Å². The minimum absolute atomic E-state index is 0.325. The van der Waals surface area contributed by atoms with Crippen LogP contribution in [0.4, 0.5) is 8.78 Å². The van der Waals surface area contributed by atoms with E-state index in [9.17, 15) is 8.78 Å². The smallest absolute Gasteiger partial charge is 0.156 e. The van der Waals surface area contributed by atoms with Crippen molar-refractivity contribution in [1.29, 1.82) is 0 Å². The number of hydrogen-bond donors (Lipinski definition) is 1. The van der Waals surface area contributed by atoms with E-state index >= 15 is 0 Å². The first-order valence-corrected chi connectivity index (χ1v) is 7.80. The quantitative estimate of drug-likeness (QED) is 0.609. The lowest BCUT2D eigenvalue weighted by Crippen LogP contribution is -1.95. The third-order valence-corrected chi connectivity index (χ3v) is 3.93. The van der Waals surface area contributed by atoms with Gasteiger partial charge in [0.25, 0.3) is 0 Å². The number of aryl methyl sites for hydroxylation is 1. The molecule has 0 bridgehead atoms. The van der Waals surface area contributed by atoms with Crippen LogP contribution in [0.25, 0.3) is 22.2 Å². The maximum Gasteiger partial charge on any atom is 0.156 e. The highest BCUT2D eigenvalue weighted by Gasteiger charge is 2.15. The summed E-state index contributed by atoms with van der Waals surface area (Å²) in [6.07, 6.45) is 2.02. The largest absolute Gasteiger partial charge is 0.494 e. The van der Waals surface area contributed by atoms with Crippen molar-refractivity contribution in [3.05, 3.63) is 53.6 Å². The van der Waals surface area contributed by atoms with Crippen LogP contribution < -0.4 is 4.74 Å². The Kier molecular flexibility index (Phi) is 4.33. The van der Waals surface area contributed by atoms with Gasteiger partial charge < -0.3 is 9.72 Å². The Balaban J connectivity index is 2.01. The SMILES string of the molecule is CCCCOc1ccc2[nH]c(-c3ccc(F)cc3C)c(F)c2c1. The van der Waals surface area contributed by atoms with Crippen molar-refractivity contribution in [2.45, 2.75) is 26.7 Å². The van der Waals surface area contributed by atoms with Crippen LogP contribution in [0, 0.1) is 18.6 Å². The van der Waals surface area contributed by atoms with Gasteiger partial charge in [0, 0.05) is 16.5 Å². The number of ether oxygens (including phenoxy) is 1. The van der Waals surface area contributed by atoms with Crippen LogP contribution in [0.15, 0.2) is 36.4 Å². The Morgan fingerprint density at radius 1 is 1.09 bits per heavy atom. The van der Waals surface area contributed by atoms with Gasteiger partial charge in [-0.3, -0.25) is 0 Å². The monoisotopic (exact) mass is 315 g/mol. The predicted octanol–water partition coefficient (Wildman–Crippen LogP) is 5.60. The van der Waals surface area contributed by atoms with E-state index < -0.39 is 0 Å². The predicted molar refractivity (Wildman–Crippen MR) is 88.8 cm³/mol. The van der Waals surface area contributed by atoms with Gasteiger partial charge in [-0.1, -0.05) is 13.3 Å². The molecule has 0 radical (unpaired) electrons. The molecule has 0 saturated carbocycles. The molecule has 0 aliphatic carbocycles. The second-order valence-electron chi connectivity index (χ2n) is 5.68. The second-order valence-corrected chi connectivity index (χ2v) is 5.68. The maximum atomic E-state index is 14.8. The summed E-state index contributed by atoms with van der Waals surface area (Å²) in [4.78, 5) is 3.08. The molecule has 2 nitrogen and oxygen atoms in total. The third kappa shape index (κ3) is 3.07. The van der Waals surface area contributed by atoms with Crippen LogP contribution in [-0.2, 0) is 0 Å². The highest BCUT2D eigenvalue weighted by molar-refractivity contribution is 5.88. The topological polar surface area (TPSA) is 25.0 Å². The lowest BCUT2D eigenvalue weighted by atomic mass is 10.1. The van der Waals surface area contributed by atoms with E-state index in [1.165, 1.54) is 12.1 Å². The van der Waals surface area contributed by atoms with Gasteiger partial charge in [-0.15, -0.1) is 0 Å². The number of rotatable bonds is 5. The summed E-state index contributed by atoms with van der Waals surface area (Å²) in [5.41, 5.74) is 2.43. The molecule has 4 heteroatoms. The average molecular weight is 315 g/mol. The van der Waals surface area contributed by atoms with Crippen molar-refractivity contribution in [3.8, 4) is 17.0 Å². The number of aromatic amines is 1. The molecule has 0 spiro atoms. The molecule has 0 aliphatic heterocycles. The summed E-state index contributed by atoms with van der Waals surface area (Å²) in [5.74, 6) is -0.00347. The summed E-state index contributed by atoms with van der Waals surface area (Å²) in [6.45, 7) is 4.48. The molecule has 1 aromatic heterocycles. The standard InChI is InChI=1S/C19H19F2NO/c1-3-4-9-23-14-6-8-17-16(11-14)18(21)19(22-17)15-7-5-13(20)10-12(15)2/h5-8,10-11,22H,3-4,9H2,1-2H3. The number of benzene rings is 2. The number of aromatic nitrogens is 1. The number of unbranched alkanes of at least 4 members (excludes halogenated alkanes) is 1. The molecular weight excluding hydrogens is 296 g/mol. The fraction of sp³-hybridized carbons (Fsp3) is 0.263. The van der Waals surface area contributed by atoms with Crippen LogP contribution in [0.1, 0.15) is 25.3 Å². The van der Waals surface area contributed by atoms with Crippen LogP contribution in [0.5, 0.6) is 5.75 Å². The van der Waals surface area contributed by atoms with Crippen LogP contribution >= 0.6 is 0 Å². The number of nitrogens with one attached hydrogen (secondary N) is 1. The molecule has 120 valence electrons. The molecule has 3 aromatic rings. The first-order valence-electron chi connectivity index (χ1n) is 7.80. The van der Waals surface area contributed by atoms with Gasteiger partial charge in [0.1, 0.15) is 11.6 Å². The van der Waals surface area contributed by atoms with E-state index in [0.717, 1.165) is 12.8 Å². The van der Waals surface area contributed by atoms with Gasteiger partial charge in [0.15, 0.2) is 5.82 Å². The van der Waals surface area contributed by atoms with Crippen molar-refractivity contribution in [1.82, 2.24) is 4.98 Å². The zero-order valence-corrected chi connectivity index (χ0v) is 13.2. The van der Waals surface area contributed by atoms with E-state index in [4.69, 9.17) is 4.74 Å². The molecule has 0 saturated heterocycles. The summed E-state index contributed by atoms with van der Waals surface area (Å²) in [7, 11) is 0. The molecule has 0 fully saturated rings. The number of H-pyrrole nitrogens is 1. The summed E-state index contributed by atoms with van der Waals surface area (Å²) < 4.78 is 33.7. The highest BCUT2D eigenvalue weighted by Crippen LogP contribution is 2.32. The van der Waals surface area contributed by atoms with Gasteiger partial charge in [0.05, 0.1) is 12.3 Å². The van der Waals surface area contributed by atoms with Crippen molar-refractivity contribution in [2.24, 2.45) is 0 Å². The Morgan fingerprint density at radius 2 is 1.91 bits per heavy atom. The number of fused-ring (bicyclic) bond motifs is 1. The maximum absolute atomic E-state index is 14.8. The number of hydrogen-bond acceptors (Lipinski definition) is 1. The molecule has 1 heterocycles. The number of halogens is 2. The van der Waals surface area contributed by atoms with Gasteiger partial charge in [-0.05, 0) is 55.3 Å². The van der Waals surface area contributed by atoms with Gasteiger partial charge in [0.2, 0.25) is 0 Å². The molecular formula is C19H19F2NO. The molecule has 23 heavy (non-hydrogen) atoms. The van der Waals surface area contributed by atoms with E-state index in [2.05, 4.69) is 11.9 Å². The van der Waals surface area contributed by atoms with Crippen molar-refractivity contribution < 1.29 is 13.5 Å². The minimum Gasteiger partial charge on any atom is -0.494 e. The first kappa shape index (κ1) is 15.5. The normalized spacial score (nSPS) is 11.1. The summed E-state index contributed by atoms with van der Waals surface area (Å²) in [6, 6.07) is 9.68. The fourth-order valence-corrected chi connectivity index (χ4v) is 2.66. The second kappa shape index (κ2) is 6.41. The molecule has 1 N–H and O–H groups in total. The molecule has 0 amide bonds. The van der Waals surface area contributed by atoms with Crippen LogP contribution in [-0.4, -0.2) is 11.6 Å². The Hall–Kier alpha value is -2.36. The summed E-state index contributed by atoms with van der Waals surface area (Å²) in [5, 5.41) is 0.484. The first-order chi connectivity index (χ1) is 11.1. The lowest BCUT2D eigenvalue weighted by Gasteiger charge is -2.04. The lowest BCUT2D eigenvalue weighted by molar-refractivity contribution is 0.310. The van der Waals surface area contributed by atoms with Crippen molar-refractivity contribution >= 4 is 10.9 Å². The Morgan fingerprint density at radius 3 is 2.65 bits per heavy atom.